The first-order chi connectivity index (χ1) is 10.5. The minimum Gasteiger partial charge on any atom is -0.491 e. The Morgan fingerprint density at radius 3 is 2.68 bits per heavy atom. The number of rotatable bonds is 6. The minimum atomic E-state index is -0.799. The molecule has 0 bridgehead atoms. The summed E-state index contributed by atoms with van der Waals surface area (Å²) in [6, 6.07) is 10.9. The van der Waals surface area contributed by atoms with Crippen molar-refractivity contribution < 1.29 is 9.84 Å². The Hall–Kier alpha value is -2.14. The van der Waals surface area contributed by atoms with Crippen LogP contribution in [0.15, 0.2) is 41.2 Å². The van der Waals surface area contributed by atoms with Crippen LogP contribution in [0.1, 0.15) is 31.0 Å². The van der Waals surface area contributed by atoms with Crippen LogP contribution in [-0.2, 0) is 6.54 Å². The highest BCUT2D eigenvalue weighted by Gasteiger charge is 2.11. The second-order valence-electron chi connectivity index (χ2n) is 5.65. The van der Waals surface area contributed by atoms with Crippen molar-refractivity contribution in [3.05, 3.63) is 58.0 Å². The summed E-state index contributed by atoms with van der Waals surface area (Å²) in [5.74, 6) is 1.11. The molecule has 1 atom stereocenters. The molecule has 0 saturated carbocycles. The van der Waals surface area contributed by atoms with Gasteiger partial charge in [0.15, 0.2) is 0 Å². The molecule has 0 saturated heterocycles. The van der Waals surface area contributed by atoms with E-state index in [1.165, 1.54) is 10.7 Å². The molecule has 0 radical (unpaired) electrons. The van der Waals surface area contributed by atoms with Gasteiger partial charge in [0.2, 0.25) is 0 Å². The lowest BCUT2D eigenvalue weighted by atomic mass is 10.0. The van der Waals surface area contributed by atoms with Gasteiger partial charge in [-0.15, -0.1) is 0 Å². The minimum absolute atomic E-state index is 0.115. The lowest BCUT2D eigenvalue weighted by Crippen LogP contribution is -2.31. The lowest BCUT2D eigenvalue weighted by Gasteiger charge is -2.17. The zero-order valence-electron chi connectivity index (χ0n) is 13.2. The van der Waals surface area contributed by atoms with Crippen LogP contribution in [-0.4, -0.2) is 27.6 Å². The third-order valence-corrected chi connectivity index (χ3v) is 3.36. The van der Waals surface area contributed by atoms with E-state index in [4.69, 9.17) is 4.74 Å². The molecule has 2 rings (SSSR count). The molecular formula is C17H22N2O3. The fraction of sp³-hybridized carbons (Fsp3) is 0.412. The van der Waals surface area contributed by atoms with Gasteiger partial charge >= 0.3 is 0 Å². The van der Waals surface area contributed by atoms with Crippen LogP contribution < -0.4 is 10.3 Å². The largest absolute Gasteiger partial charge is 0.491 e. The van der Waals surface area contributed by atoms with Crippen molar-refractivity contribution in [2.75, 3.05) is 6.61 Å². The standard InChI is InChI=1S/C17H22N2O3/c1-12(2)15-6-4-5-7-16(15)22-11-14(20)10-19-17(21)9-8-13(3)18-19/h4-9,12,14,20H,10-11H2,1-3H3. The van der Waals surface area contributed by atoms with Gasteiger partial charge in [-0.2, -0.15) is 5.10 Å². The third-order valence-electron chi connectivity index (χ3n) is 3.36. The number of aromatic nitrogens is 2. The van der Waals surface area contributed by atoms with E-state index in [9.17, 15) is 9.90 Å². The number of aliphatic hydroxyl groups is 1. The van der Waals surface area contributed by atoms with E-state index in [1.807, 2.05) is 24.3 Å². The second kappa shape index (κ2) is 7.22. The molecule has 0 amide bonds. The van der Waals surface area contributed by atoms with Crippen molar-refractivity contribution in [3.63, 3.8) is 0 Å². The number of aliphatic hydroxyl groups excluding tert-OH is 1. The average Bonchev–Trinajstić information content (AvgIpc) is 2.49. The topological polar surface area (TPSA) is 64.4 Å². The van der Waals surface area contributed by atoms with E-state index in [2.05, 4.69) is 18.9 Å². The Morgan fingerprint density at radius 2 is 1.95 bits per heavy atom. The van der Waals surface area contributed by atoms with Crippen molar-refractivity contribution in [2.24, 2.45) is 0 Å². The first-order valence-electron chi connectivity index (χ1n) is 7.42. The predicted molar refractivity (Wildman–Crippen MR) is 85.3 cm³/mol. The van der Waals surface area contributed by atoms with Crippen LogP contribution >= 0.6 is 0 Å². The molecule has 5 nitrogen and oxygen atoms in total. The van der Waals surface area contributed by atoms with Gasteiger partial charge in [0, 0.05) is 6.07 Å². The van der Waals surface area contributed by atoms with Crippen LogP contribution in [0.5, 0.6) is 5.75 Å². The summed E-state index contributed by atoms with van der Waals surface area (Å²) in [7, 11) is 0. The Morgan fingerprint density at radius 1 is 1.23 bits per heavy atom. The van der Waals surface area contributed by atoms with Crippen LogP contribution in [0.3, 0.4) is 0 Å². The summed E-state index contributed by atoms with van der Waals surface area (Å²) in [5, 5.41) is 14.2. The van der Waals surface area contributed by atoms with Gasteiger partial charge in [-0.25, -0.2) is 4.68 Å². The zero-order chi connectivity index (χ0) is 16.1. The van der Waals surface area contributed by atoms with Gasteiger partial charge in [0.05, 0.1) is 12.2 Å². The Kier molecular flexibility index (Phi) is 5.33. The number of hydrogen-bond donors (Lipinski definition) is 1. The number of para-hydroxylation sites is 1. The highest BCUT2D eigenvalue weighted by atomic mass is 16.5. The van der Waals surface area contributed by atoms with Crippen LogP contribution in [0.4, 0.5) is 0 Å². The molecule has 5 heteroatoms. The molecule has 0 aliphatic rings. The first kappa shape index (κ1) is 16.2. The number of nitrogens with zero attached hydrogens (tertiary/aromatic N) is 2. The van der Waals surface area contributed by atoms with E-state index >= 15 is 0 Å². The van der Waals surface area contributed by atoms with Crippen LogP contribution in [0, 0.1) is 6.92 Å². The molecular weight excluding hydrogens is 280 g/mol. The van der Waals surface area contributed by atoms with Crippen LogP contribution in [0.2, 0.25) is 0 Å². The zero-order valence-corrected chi connectivity index (χ0v) is 13.2. The average molecular weight is 302 g/mol. The summed E-state index contributed by atoms with van der Waals surface area (Å²) >= 11 is 0. The Balaban J connectivity index is 2.00. The van der Waals surface area contributed by atoms with Crippen LogP contribution in [0.25, 0.3) is 0 Å². The maximum atomic E-state index is 11.7. The quantitative estimate of drug-likeness (QED) is 0.887. The summed E-state index contributed by atoms with van der Waals surface area (Å²) in [6.45, 7) is 6.22. The maximum Gasteiger partial charge on any atom is 0.266 e. The third kappa shape index (κ3) is 4.18. The summed E-state index contributed by atoms with van der Waals surface area (Å²) in [4.78, 5) is 11.7. The SMILES string of the molecule is Cc1ccc(=O)n(CC(O)COc2ccccc2C(C)C)n1. The van der Waals surface area contributed by atoms with E-state index in [0.29, 0.717) is 5.92 Å². The molecule has 1 N–H and O–H groups in total. The van der Waals surface area contributed by atoms with Crippen molar-refractivity contribution in [1.82, 2.24) is 9.78 Å². The smallest absolute Gasteiger partial charge is 0.266 e. The number of ether oxygens (including phenoxy) is 1. The van der Waals surface area contributed by atoms with Gasteiger partial charge in [-0.05, 0) is 30.5 Å². The number of hydrogen-bond acceptors (Lipinski definition) is 4. The molecule has 2 aromatic rings. The molecule has 0 spiro atoms. The van der Waals surface area contributed by atoms with Gasteiger partial charge < -0.3 is 9.84 Å². The first-order valence-corrected chi connectivity index (χ1v) is 7.42. The highest BCUT2D eigenvalue weighted by molar-refractivity contribution is 5.35. The molecule has 1 heterocycles. The predicted octanol–water partition coefficient (Wildman–Crippen LogP) is 2.12. The van der Waals surface area contributed by atoms with Crippen molar-refractivity contribution >= 4 is 0 Å². The molecule has 22 heavy (non-hydrogen) atoms. The van der Waals surface area contributed by atoms with Crippen molar-refractivity contribution in [3.8, 4) is 5.75 Å². The van der Waals surface area contributed by atoms with E-state index in [-0.39, 0.29) is 18.7 Å². The van der Waals surface area contributed by atoms with Gasteiger partial charge in [0.1, 0.15) is 18.5 Å². The molecule has 1 aromatic carbocycles. The molecule has 1 aromatic heterocycles. The van der Waals surface area contributed by atoms with E-state index < -0.39 is 6.10 Å². The van der Waals surface area contributed by atoms with Crippen molar-refractivity contribution in [2.45, 2.75) is 39.3 Å². The second-order valence-corrected chi connectivity index (χ2v) is 5.65. The van der Waals surface area contributed by atoms with Gasteiger partial charge in [-0.3, -0.25) is 4.79 Å². The number of benzene rings is 1. The van der Waals surface area contributed by atoms with Gasteiger partial charge in [-0.1, -0.05) is 32.0 Å². The molecule has 0 aliphatic carbocycles. The molecule has 118 valence electrons. The van der Waals surface area contributed by atoms with E-state index in [1.54, 1.807) is 13.0 Å². The Labute approximate surface area is 130 Å². The molecule has 0 fully saturated rings. The fourth-order valence-electron chi connectivity index (χ4n) is 2.21. The highest BCUT2D eigenvalue weighted by Crippen LogP contribution is 2.25. The van der Waals surface area contributed by atoms with Gasteiger partial charge in [0.25, 0.3) is 5.56 Å². The molecule has 1 unspecified atom stereocenters. The summed E-state index contributed by atoms with van der Waals surface area (Å²) in [6.07, 6.45) is -0.799. The summed E-state index contributed by atoms with van der Waals surface area (Å²) < 4.78 is 6.97. The monoisotopic (exact) mass is 302 g/mol. The normalized spacial score (nSPS) is 12.4. The van der Waals surface area contributed by atoms with Crippen molar-refractivity contribution in [1.29, 1.82) is 0 Å². The molecule has 0 aliphatic heterocycles. The number of aryl methyl sites for hydroxylation is 1. The summed E-state index contributed by atoms with van der Waals surface area (Å²) in [5.41, 5.74) is 1.60. The van der Waals surface area contributed by atoms with E-state index in [0.717, 1.165) is 17.0 Å². The lowest BCUT2D eigenvalue weighted by molar-refractivity contribution is 0.0872. The maximum absolute atomic E-state index is 11.7. The fourth-order valence-corrected chi connectivity index (χ4v) is 2.21. The Bertz CT molecular complexity index is 680.